The van der Waals surface area contributed by atoms with E-state index in [1.54, 1.807) is 18.9 Å². The van der Waals surface area contributed by atoms with Crippen LogP contribution in [0.25, 0.3) is 0 Å². The van der Waals surface area contributed by atoms with E-state index in [4.69, 9.17) is 9.47 Å². The van der Waals surface area contributed by atoms with Crippen molar-refractivity contribution in [3.05, 3.63) is 71.4 Å². The Balaban J connectivity index is 1.73. The van der Waals surface area contributed by atoms with Gasteiger partial charge in [0.25, 0.3) is 0 Å². The van der Waals surface area contributed by atoms with Crippen LogP contribution in [0.2, 0.25) is 0 Å². The highest BCUT2D eigenvalue weighted by atomic mass is 32.2. The van der Waals surface area contributed by atoms with Crippen LogP contribution in [0.5, 0.6) is 17.4 Å². The first-order valence-corrected chi connectivity index (χ1v) is 10.5. The first-order valence-electron chi connectivity index (χ1n) is 9.49. The van der Waals surface area contributed by atoms with Crippen molar-refractivity contribution < 1.29 is 9.47 Å². The average Bonchev–Trinajstić information content (AvgIpc) is 2.72. The van der Waals surface area contributed by atoms with Crippen molar-refractivity contribution in [2.75, 3.05) is 7.11 Å². The minimum atomic E-state index is 0.499. The third kappa shape index (κ3) is 5.49. The van der Waals surface area contributed by atoms with Crippen LogP contribution >= 0.6 is 11.8 Å². The summed E-state index contributed by atoms with van der Waals surface area (Å²) in [6, 6.07) is 18.1. The summed E-state index contributed by atoms with van der Waals surface area (Å²) in [4.78, 5) is 9.22. The summed E-state index contributed by atoms with van der Waals surface area (Å²) in [7, 11) is 1.68. The standard InChI is InChI=1S/C23H26N2O2S/c1-5-19-14-22(27-20-11-9-18(10-12-20)16(2)3)25-23(24-19)28-15-17-7-6-8-21(13-17)26-4/h6-14,16H,5,15H2,1-4H3. The van der Waals surface area contributed by atoms with E-state index < -0.39 is 0 Å². The van der Waals surface area contributed by atoms with E-state index in [0.717, 1.165) is 34.5 Å². The van der Waals surface area contributed by atoms with Gasteiger partial charge in [-0.05, 0) is 47.7 Å². The Morgan fingerprint density at radius 1 is 0.964 bits per heavy atom. The first kappa shape index (κ1) is 20.2. The van der Waals surface area contributed by atoms with Gasteiger partial charge in [-0.2, -0.15) is 4.98 Å². The maximum Gasteiger partial charge on any atom is 0.223 e. The lowest BCUT2D eigenvalue weighted by Crippen LogP contribution is -1.98. The molecule has 0 atom stereocenters. The molecule has 0 unspecified atom stereocenters. The fourth-order valence-corrected chi connectivity index (χ4v) is 3.51. The van der Waals surface area contributed by atoms with Gasteiger partial charge in [-0.25, -0.2) is 4.98 Å². The van der Waals surface area contributed by atoms with Crippen molar-refractivity contribution in [3.63, 3.8) is 0 Å². The van der Waals surface area contributed by atoms with Crippen LogP contribution in [0.4, 0.5) is 0 Å². The van der Waals surface area contributed by atoms with Crippen LogP contribution in [0.15, 0.2) is 59.8 Å². The second-order valence-corrected chi connectivity index (χ2v) is 7.74. The quantitative estimate of drug-likeness (QED) is 0.333. The number of aromatic nitrogens is 2. The van der Waals surface area contributed by atoms with E-state index in [1.807, 2.05) is 36.4 Å². The summed E-state index contributed by atoms with van der Waals surface area (Å²) in [6.45, 7) is 6.44. The van der Waals surface area contributed by atoms with Gasteiger partial charge in [0.05, 0.1) is 7.11 Å². The molecule has 0 N–H and O–H groups in total. The first-order chi connectivity index (χ1) is 13.6. The van der Waals surface area contributed by atoms with Crippen LogP contribution in [0.3, 0.4) is 0 Å². The van der Waals surface area contributed by atoms with Gasteiger partial charge in [0.1, 0.15) is 11.5 Å². The summed E-state index contributed by atoms with van der Waals surface area (Å²) >= 11 is 1.60. The number of hydrogen-bond donors (Lipinski definition) is 0. The normalized spacial score (nSPS) is 10.9. The van der Waals surface area contributed by atoms with Crippen LogP contribution in [-0.4, -0.2) is 17.1 Å². The number of benzene rings is 2. The molecule has 0 spiro atoms. The number of ether oxygens (including phenoxy) is 2. The van der Waals surface area contributed by atoms with Gasteiger partial charge in [0, 0.05) is 17.5 Å². The Labute approximate surface area is 171 Å². The SMILES string of the molecule is CCc1cc(Oc2ccc(C(C)C)cc2)nc(SCc2cccc(OC)c2)n1. The topological polar surface area (TPSA) is 44.2 Å². The molecule has 0 aliphatic rings. The van der Waals surface area contributed by atoms with Gasteiger partial charge in [-0.1, -0.05) is 56.8 Å². The van der Waals surface area contributed by atoms with Crippen LogP contribution in [0.1, 0.15) is 43.5 Å². The molecule has 1 aromatic heterocycles. The molecule has 3 rings (SSSR count). The Hall–Kier alpha value is -2.53. The Morgan fingerprint density at radius 2 is 1.75 bits per heavy atom. The third-order valence-corrected chi connectivity index (χ3v) is 5.29. The zero-order chi connectivity index (χ0) is 19.9. The second-order valence-electron chi connectivity index (χ2n) is 6.80. The summed E-state index contributed by atoms with van der Waals surface area (Å²) in [5, 5.41) is 0.718. The molecule has 0 radical (unpaired) electrons. The zero-order valence-corrected chi connectivity index (χ0v) is 17.6. The molecule has 28 heavy (non-hydrogen) atoms. The largest absolute Gasteiger partial charge is 0.497 e. The lowest BCUT2D eigenvalue weighted by Gasteiger charge is -2.10. The van der Waals surface area contributed by atoms with E-state index in [2.05, 4.69) is 48.9 Å². The third-order valence-electron chi connectivity index (χ3n) is 4.37. The number of methoxy groups -OCH3 is 1. The molecule has 0 bridgehead atoms. The number of thioether (sulfide) groups is 1. The molecule has 0 aliphatic carbocycles. The monoisotopic (exact) mass is 394 g/mol. The smallest absolute Gasteiger partial charge is 0.223 e. The summed E-state index contributed by atoms with van der Waals surface area (Å²) < 4.78 is 11.3. The molecular weight excluding hydrogens is 368 g/mol. The molecule has 0 aliphatic heterocycles. The van der Waals surface area contributed by atoms with Crippen molar-refractivity contribution in [2.45, 2.75) is 44.0 Å². The summed E-state index contributed by atoms with van der Waals surface area (Å²) in [5.74, 6) is 3.49. The van der Waals surface area contributed by atoms with Crippen molar-refractivity contribution in [1.82, 2.24) is 9.97 Å². The number of nitrogens with zero attached hydrogens (tertiary/aromatic N) is 2. The van der Waals surface area contributed by atoms with Crippen LogP contribution in [-0.2, 0) is 12.2 Å². The van der Waals surface area contributed by atoms with Crippen molar-refractivity contribution in [3.8, 4) is 17.4 Å². The highest BCUT2D eigenvalue weighted by molar-refractivity contribution is 7.98. The summed E-state index contributed by atoms with van der Waals surface area (Å²) in [5.41, 5.74) is 3.43. The maximum atomic E-state index is 6.00. The molecular formula is C23H26N2O2S. The maximum absolute atomic E-state index is 6.00. The molecule has 0 saturated heterocycles. The molecule has 5 heteroatoms. The van der Waals surface area contributed by atoms with Crippen molar-refractivity contribution in [1.29, 1.82) is 0 Å². The van der Waals surface area contributed by atoms with Gasteiger partial charge in [-0.15, -0.1) is 0 Å². The van der Waals surface area contributed by atoms with Crippen LogP contribution < -0.4 is 9.47 Å². The molecule has 2 aromatic carbocycles. The predicted octanol–water partition coefficient (Wildman–Crippen LogP) is 6.26. The molecule has 0 amide bonds. The lowest BCUT2D eigenvalue weighted by atomic mass is 10.0. The molecule has 3 aromatic rings. The molecule has 1 heterocycles. The Morgan fingerprint density at radius 3 is 2.43 bits per heavy atom. The van der Waals surface area contributed by atoms with E-state index in [1.165, 1.54) is 11.1 Å². The fraction of sp³-hybridized carbons (Fsp3) is 0.304. The molecule has 4 nitrogen and oxygen atoms in total. The van der Waals surface area contributed by atoms with Gasteiger partial charge in [-0.3, -0.25) is 0 Å². The number of aryl methyl sites for hydroxylation is 1. The average molecular weight is 395 g/mol. The number of rotatable bonds is 8. The highest BCUT2D eigenvalue weighted by Gasteiger charge is 2.08. The number of hydrogen-bond acceptors (Lipinski definition) is 5. The van der Waals surface area contributed by atoms with Crippen molar-refractivity contribution >= 4 is 11.8 Å². The lowest BCUT2D eigenvalue weighted by molar-refractivity contribution is 0.414. The van der Waals surface area contributed by atoms with E-state index in [9.17, 15) is 0 Å². The summed E-state index contributed by atoms with van der Waals surface area (Å²) in [6.07, 6.45) is 0.831. The second kappa shape index (κ2) is 9.60. The van der Waals surface area contributed by atoms with Crippen molar-refractivity contribution in [2.24, 2.45) is 0 Å². The molecule has 0 saturated carbocycles. The van der Waals surface area contributed by atoms with Gasteiger partial charge in [0.2, 0.25) is 5.88 Å². The van der Waals surface area contributed by atoms with Gasteiger partial charge < -0.3 is 9.47 Å². The minimum Gasteiger partial charge on any atom is -0.497 e. The highest BCUT2D eigenvalue weighted by Crippen LogP contribution is 2.27. The van der Waals surface area contributed by atoms with Gasteiger partial charge in [0.15, 0.2) is 5.16 Å². The Kier molecular flexibility index (Phi) is 6.93. The van der Waals surface area contributed by atoms with E-state index in [-0.39, 0.29) is 0 Å². The Bertz CT molecular complexity index is 911. The fourth-order valence-electron chi connectivity index (χ4n) is 2.70. The van der Waals surface area contributed by atoms with E-state index >= 15 is 0 Å². The van der Waals surface area contributed by atoms with E-state index in [0.29, 0.717) is 11.8 Å². The molecule has 146 valence electrons. The van der Waals surface area contributed by atoms with Gasteiger partial charge >= 0.3 is 0 Å². The van der Waals surface area contributed by atoms with Crippen LogP contribution in [0, 0.1) is 0 Å². The molecule has 0 fully saturated rings. The minimum absolute atomic E-state index is 0.499. The predicted molar refractivity (Wildman–Crippen MR) is 115 cm³/mol. The zero-order valence-electron chi connectivity index (χ0n) is 16.8.